The van der Waals surface area contributed by atoms with E-state index < -0.39 is 10.0 Å². The van der Waals surface area contributed by atoms with Crippen LogP contribution in [0.5, 0.6) is 0 Å². The van der Waals surface area contributed by atoms with E-state index in [1.165, 1.54) is 24.2 Å². The summed E-state index contributed by atoms with van der Waals surface area (Å²) in [5.74, 6) is 0.564. The van der Waals surface area contributed by atoms with Crippen molar-refractivity contribution >= 4 is 21.4 Å². The topological polar surface area (TPSA) is 58.2 Å². The van der Waals surface area contributed by atoms with Crippen molar-refractivity contribution in [1.29, 1.82) is 0 Å². The number of hydrogen-bond donors (Lipinski definition) is 2. The molecule has 1 aromatic heterocycles. The third-order valence-corrected chi connectivity index (χ3v) is 5.83. The molecular weight excluding hydrogens is 268 g/mol. The summed E-state index contributed by atoms with van der Waals surface area (Å²) in [4.78, 5) is 1.51. The lowest BCUT2D eigenvalue weighted by molar-refractivity contribution is 0.577. The number of rotatable bonds is 7. The van der Waals surface area contributed by atoms with Crippen LogP contribution in [-0.4, -0.2) is 21.0 Å². The highest BCUT2D eigenvalue weighted by Crippen LogP contribution is 2.28. The van der Waals surface area contributed by atoms with E-state index in [9.17, 15) is 8.42 Å². The molecule has 0 saturated heterocycles. The predicted octanol–water partition coefficient (Wildman–Crippen LogP) is 1.69. The van der Waals surface area contributed by atoms with Gasteiger partial charge < -0.3 is 5.32 Å². The van der Waals surface area contributed by atoms with Crippen LogP contribution in [0.25, 0.3) is 0 Å². The lowest BCUT2D eigenvalue weighted by Crippen LogP contribution is -2.25. The molecule has 0 atom stereocenters. The van der Waals surface area contributed by atoms with Gasteiger partial charge >= 0.3 is 0 Å². The van der Waals surface area contributed by atoms with Gasteiger partial charge in [-0.1, -0.05) is 0 Å². The second-order valence-electron chi connectivity index (χ2n) is 5.20. The highest BCUT2D eigenvalue weighted by molar-refractivity contribution is 7.89. The molecule has 2 aliphatic rings. The summed E-state index contributed by atoms with van der Waals surface area (Å²) in [6.07, 6.45) is 4.81. The third kappa shape index (κ3) is 3.32. The van der Waals surface area contributed by atoms with Crippen LogP contribution in [0.1, 0.15) is 30.6 Å². The van der Waals surface area contributed by atoms with Crippen molar-refractivity contribution < 1.29 is 8.42 Å². The molecule has 0 unspecified atom stereocenters. The molecule has 6 heteroatoms. The minimum Gasteiger partial charge on any atom is -0.309 e. The van der Waals surface area contributed by atoms with Gasteiger partial charge in [0.05, 0.1) is 4.90 Å². The Labute approximate surface area is 112 Å². The standard InChI is InChI=1S/C12H18N2O2S2/c15-18(16,14-6-9-1-2-9)12-5-11(17-8-12)7-13-10-3-4-10/h5,8-10,13-14H,1-4,6-7H2. The van der Waals surface area contributed by atoms with Gasteiger partial charge in [-0.2, -0.15) is 0 Å². The molecule has 2 aliphatic carbocycles. The van der Waals surface area contributed by atoms with Gasteiger partial charge in [0.25, 0.3) is 0 Å². The lowest BCUT2D eigenvalue weighted by Gasteiger charge is -2.03. The van der Waals surface area contributed by atoms with Crippen molar-refractivity contribution in [2.75, 3.05) is 6.54 Å². The number of nitrogens with one attached hydrogen (secondary N) is 2. The maximum absolute atomic E-state index is 12.0. The minimum absolute atomic E-state index is 0.417. The molecule has 3 rings (SSSR count). The van der Waals surface area contributed by atoms with E-state index in [4.69, 9.17) is 0 Å². The first-order chi connectivity index (χ1) is 8.63. The molecule has 0 spiro atoms. The second kappa shape index (κ2) is 4.92. The van der Waals surface area contributed by atoms with E-state index in [0.29, 0.717) is 23.4 Å². The maximum Gasteiger partial charge on any atom is 0.241 e. The zero-order valence-electron chi connectivity index (χ0n) is 10.2. The second-order valence-corrected chi connectivity index (χ2v) is 7.96. The van der Waals surface area contributed by atoms with E-state index in [0.717, 1.165) is 24.3 Å². The van der Waals surface area contributed by atoms with Crippen LogP contribution < -0.4 is 10.0 Å². The number of thiophene rings is 1. The smallest absolute Gasteiger partial charge is 0.241 e. The largest absolute Gasteiger partial charge is 0.309 e. The van der Waals surface area contributed by atoms with E-state index >= 15 is 0 Å². The van der Waals surface area contributed by atoms with Crippen molar-refractivity contribution in [3.63, 3.8) is 0 Å². The Hall–Kier alpha value is -0.430. The molecule has 2 saturated carbocycles. The highest BCUT2D eigenvalue weighted by atomic mass is 32.2. The highest BCUT2D eigenvalue weighted by Gasteiger charge is 2.25. The van der Waals surface area contributed by atoms with Gasteiger partial charge in [-0.3, -0.25) is 0 Å². The van der Waals surface area contributed by atoms with E-state index in [1.807, 2.05) is 0 Å². The Morgan fingerprint density at radius 1 is 1.28 bits per heavy atom. The van der Waals surface area contributed by atoms with Gasteiger partial charge in [-0.15, -0.1) is 11.3 Å². The van der Waals surface area contributed by atoms with Crippen LogP contribution in [0.4, 0.5) is 0 Å². The summed E-state index contributed by atoms with van der Waals surface area (Å²) >= 11 is 1.51. The summed E-state index contributed by atoms with van der Waals surface area (Å²) in [6.45, 7) is 1.38. The Morgan fingerprint density at radius 2 is 2.06 bits per heavy atom. The lowest BCUT2D eigenvalue weighted by atomic mass is 10.4. The van der Waals surface area contributed by atoms with E-state index in [2.05, 4.69) is 10.0 Å². The quantitative estimate of drug-likeness (QED) is 0.802. The van der Waals surface area contributed by atoms with E-state index in [-0.39, 0.29) is 0 Å². The summed E-state index contributed by atoms with van der Waals surface area (Å²) < 4.78 is 26.7. The summed E-state index contributed by atoms with van der Waals surface area (Å²) in [6, 6.07) is 2.44. The molecule has 2 N–H and O–H groups in total. The molecule has 0 radical (unpaired) electrons. The van der Waals surface area contributed by atoms with Crippen LogP contribution in [-0.2, 0) is 16.6 Å². The molecule has 2 fully saturated rings. The molecule has 0 aliphatic heterocycles. The molecule has 1 heterocycles. The first kappa shape index (κ1) is 12.6. The SMILES string of the molecule is O=S(=O)(NCC1CC1)c1csc(CNC2CC2)c1. The van der Waals surface area contributed by atoms with Gasteiger partial charge in [0.1, 0.15) is 0 Å². The molecular formula is C12H18N2O2S2. The fraction of sp³-hybridized carbons (Fsp3) is 0.667. The monoisotopic (exact) mass is 286 g/mol. The average Bonchev–Trinajstić information content (AvgIpc) is 3.25. The van der Waals surface area contributed by atoms with Crippen molar-refractivity contribution in [2.24, 2.45) is 5.92 Å². The molecule has 100 valence electrons. The Kier molecular flexibility index (Phi) is 3.44. The Morgan fingerprint density at radius 3 is 2.72 bits per heavy atom. The number of hydrogen-bond acceptors (Lipinski definition) is 4. The third-order valence-electron chi connectivity index (χ3n) is 3.34. The molecule has 0 aromatic carbocycles. The summed E-state index contributed by atoms with van der Waals surface area (Å²) in [5, 5.41) is 5.13. The van der Waals surface area contributed by atoms with Crippen LogP contribution in [0.15, 0.2) is 16.3 Å². The molecule has 4 nitrogen and oxygen atoms in total. The molecule has 0 amide bonds. The van der Waals surface area contributed by atoms with Gasteiger partial charge in [0.2, 0.25) is 10.0 Å². The average molecular weight is 286 g/mol. The predicted molar refractivity (Wildman–Crippen MR) is 72.1 cm³/mol. The van der Waals surface area contributed by atoms with E-state index in [1.54, 1.807) is 11.4 Å². The van der Waals surface area contributed by atoms with Crippen molar-refractivity contribution in [3.05, 3.63) is 16.3 Å². The van der Waals surface area contributed by atoms with Gasteiger partial charge in [-0.05, 0) is 37.7 Å². The maximum atomic E-state index is 12.0. The van der Waals surface area contributed by atoms with Crippen molar-refractivity contribution in [2.45, 2.75) is 43.2 Å². The van der Waals surface area contributed by atoms with Crippen LogP contribution in [0, 0.1) is 5.92 Å². The fourth-order valence-electron chi connectivity index (χ4n) is 1.76. The van der Waals surface area contributed by atoms with Gasteiger partial charge in [0.15, 0.2) is 0 Å². The first-order valence-electron chi connectivity index (χ1n) is 6.44. The number of sulfonamides is 1. The zero-order chi connectivity index (χ0) is 12.6. The zero-order valence-corrected chi connectivity index (χ0v) is 11.8. The van der Waals surface area contributed by atoms with Crippen molar-refractivity contribution in [3.8, 4) is 0 Å². The first-order valence-corrected chi connectivity index (χ1v) is 8.80. The molecule has 18 heavy (non-hydrogen) atoms. The van der Waals surface area contributed by atoms with Gasteiger partial charge in [-0.25, -0.2) is 13.1 Å². The van der Waals surface area contributed by atoms with Gasteiger partial charge in [0, 0.05) is 29.4 Å². The Balaban J connectivity index is 1.58. The molecule has 0 bridgehead atoms. The summed E-state index contributed by atoms with van der Waals surface area (Å²) in [7, 11) is -3.28. The van der Waals surface area contributed by atoms with Crippen molar-refractivity contribution in [1.82, 2.24) is 10.0 Å². The van der Waals surface area contributed by atoms with Crippen LogP contribution in [0.2, 0.25) is 0 Å². The minimum atomic E-state index is -3.28. The van der Waals surface area contributed by atoms with Crippen LogP contribution >= 0.6 is 11.3 Å². The normalized spacial score (nSPS) is 20.2. The summed E-state index contributed by atoms with van der Waals surface area (Å²) in [5.41, 5.74) is 0. The Bertz CT molecular complexity index is 516. The van der Waals surface area contributed by atoms with Crippen LogP contribution in [0.3, 0.4) is 0 Å². The fourth-order valence-corrected chi connectivity index (χ4v) is 4.10. The molecule has 1 aromatic rings.